The number of carbonyl (C=O) groups is 1. The van der Waals surface area contributed by atoms with Crippen LogP contribution in [0.3, 0.4) is 0 Å². The van der Waals surface area contributed by atoms with E-state index in [1.807, 2.05) is 13.8 Å². The maximum absolute atomic E-state index is 11.6. The van der Waals surface area contributed by atoms with Crippen molar-refractivity contribution < 1.29 is 9.53 Å². The van der Waals surface area contributed by atoms with E-state index >= 15 is 0 Å². The third-order valence-corrected chi connectivity index (χ3v) is 3.02. The molecule has 1 aromatic carbocycles. The Kier molecular flexibility index (Phi) is 4.52. The van der Waals surface area contributed by atoms with Gasteiger partial charge in [0.15, 0.2) is 0 Å². The highest BCUT2D eigenvalue weighted by Crippen LogP contribution is 2.20. The van der Waals surface area contributed by atoms with Crippen LogP contribution in [0.2, 0.25) is 0 Å². The minimum atomic E-state index is -0.689. The van der Waals surface area contributed by atoms with Crippen molar-refractivity contribution in [1.29, 1.82) is 0 Å². The third kappa shape index (κ3) is 3.57. The molecule has 0 aliphatic heterocycles. The minimum Gasteiger partial charge on any atom is -0.468 e. The number of aryl methyl sites for hydroxylation is 2. The fraction of sp³-hybridized carbons (Fsp3) is 0.533. The second-order valence-electron chi connectivity index (χ2n) is 5.40. The summed E-state index contributed by atoms with van der Waals surface area (Å²) in [5.74, 6) is -0.251. The fourth-order valence-corrected chi connectivity index (χ4v) is 2.20. The van der Waals surface area contributed by atoms with Crippen LogP contribution in [0, 0.1) is 13.8 Å². The normalized spacial score (nSPS) is 13.2. The molecule has 0 aliphatic carbocycles. The van der Waals surface area contributed by atoms with Gasteiger partial charge in [0.05, 0.1) is 7.11 Å². The molecule has 3 nitrogen and oxygen atoms in total. The maximum atomic E-state index is 11.6. The molecule has 3 heteroatoms. The molecule has 0 spiro atoms. The van der Waals surface area contributed by atoms with Crippen molar-refractivity contribution in [2.24, 2.45) is 0 Å². The molecule has 0 aliphatic rings. The van der Waals surface area contributed by atoms with E-state index in [1.165, 1.54) is 23.8 Å². The largest absolute Gasteiger partial charge is 0.468 e. The third-order valence-electron chi connectivity index (χ3n) is 3.02. The summed E-state index contributed by atoms with van der Waals surface area (Å²) in [6, 6.07) is 6.51. The van der Waals surface area contributed by atoms with E-state index in [2.05, 4.69) is 44.3 Å². The molecule has 0 bridgehead atoms. The molecule has 1 atom stereocenters. The van der Waals surface area contributed by atoms with Gasteiger partial charge in [0, 0.05) is 6.04 Å². The molecule has 18 heavy (non-hydrogen) atoms. The SMILES string of the molecule is COC(=O)C(C)(C)NC(C)c1cc(C)cc(C)c1. The van der Waals surface area contributed by atoms with Gasteiger partial charge in [-0.2, -0.15) is 0 Å². The molecule has 0 saturated heterocycles. The molecule has 0 aromatic heterocycles. The number of carbonyl (C=O) groups excluding carboxylic acids is 1. The van der Waals surface area contributed by atoms with Crippen molar-refractivity contribution in [2.45, 2.75) is 46.2 Å². The average molecular weight is 249 g/mol. The molecule has 0 heterocycles. The zero-order valence-electron chi connectivity index (χ0n) is 12.1. The zero-order valence-corrected chi connectivity index (χ0v) is 12.1. The lowest BCUT2D eigenvalue weighted by molar-refractivity contribution is -0.147. The molecular formula is C15H23NO2. The number of hydrogen-bond donors (Lipinski definition) is 1. The van der Waals surface area contributed by atoms with E-state index in [9.17, 15) is 4.79 Å². The van der Waals surface area contributed by atoms with Crippen molar-refractivity contribution in [1.82, 2.24) is 5.32 Å². The first-order valence-electron chi connectivity index (χ1n) is 6.20. The maximum Gasteiger partial charge on any atom is 0.325 e. The summed E-state index contributed by atoms with van der Waals surface area (Å²) < 4.78 is 4.80. The summed E-state index contributed by atoms with van der Waals surface area (Å²) in [5, 5.41) is 3.30. The van der Waals surface area contributed by atoms with Crippen LogP contribution in [0.25, 0.3) is 0 Å². The standard InChI is InChI=1S/C15H23NO2/c1-10-7-11(2)9-13(8-10)12(3)16-15(4,5)14(17)18-6/h7-9,12,16H,1-6H3. The number of rotatable bonds is 4. The summed E-state index contributed by atoms with van der Waals surface area (Å²) in [6.07, 6.45) is 0. The van der Waals surface area contributed by atoms with Gasteiger partial charge in [-0.25, -0.2) is 0 Å². The van der Waals surface area contributed by atoms with Gasteiger partial charge >= 0.3 is 5.97 Å². The van der Waals surface area contributed by atoms with E-state index in [0.717, 1.165) is 0 Å². The predicted molar refractivity (Wildman–Crippen MR) is 73.6 cm³/mol. The van der Waals surface area contributed by atoms with Gasteiger partial charge < -0.3 is 4.74 Å². The summed E-state index contributed by atoms with van der Waals surface area (Å²) in [7, 11) is 1.41. The summed E-state index contributed by atoms with van der Waals surface area (Å²) in [4.78, 5) is 11.6. The number of methoxy groups -OCH3 is 1. The smallest absolute Gasteiger partial charge is 0.325 e. The van der Waals surface area contributed by atoms with E-state index in [-0.39, 0.29) is 12.0 Å². The van der Waals surface area contributed by atoms with Gasteiger partial charge in [-0.3, -0.25) is 10.1 Å². The van der Waals surface area contributed by atoms with Gasteiger partial charge in [-0.1, -0.05) is 29.3 Å². The molecular weight excluding hydrogens is 226 g/mol. The number of benzene rings is 1. The molecule has 100 valence electrons. The molecule has 0 amide bonds. The Balaban J connectivity index is 2.88. The van der Waals surface area contributed by atoms with E-state index < -0.39 is 5.54 Å². The van der Waals surface area contributed by atoms with Crippen molar-refractivity contribution in [3.63, 3.8) is 0 Å². The van der Waals surface area contributed by atoms with Crippen molar-refractivity contribution >= 4 is 5.97 Å². The van der Waals surface area contributed by atoms with Crippen LogP contribution in [0.1, 0.15) is 43.5 Å². The van der Waals surface area contributed by atoms with Crippen LogP contribution in [0.5, 0.6) is 0 Å². The van der Waals surface area contributed by atoms with Gasteiger partial charge in [-0.15, -0.1) is 0 Å². The molecule has 1 aromatic rings. The van der Waals surface area contributed by atoms with Crippen LogP contribution < -0.4 is 5.32 Å². The van der Waals surface area contributed by atoms with Crippen LogP contribution in [0.4, 0.5) is 0 Å². The Morgan fingerprint density at radius 2 is 1.72 bits per heavy atom. The summed E-state index contributed by atoms with van der Waals surface area (Å²) in [6.45, 7) is 9.87. The summed E-state index contributed by atoms with van der Waals surface area (Å²) in [5.41, 5.74) is 2.96. The zero-order chi connectivity index (χ0) is 13.9. The van der Waals surface area contributed by atoms with E-state index in [4.69, 9.17) is 4.74 Å². The van der Waals surface area contributed by atoms with Crippen LogP contribution in [-0.2, 0) is 9.53 Å². The average Bonchev–Trinajstić information content (AvgIpc) is 2.25. The topological polar surface area (TPSA) is 38.3 Å². The highest BCUT2D eigenvalue weighted by molar-refractivity contribution is 5.79. The quantitative estimate of drug-likeness (QED) is 0.834. The molecule has 1 rings (SSSR count). The van der Waals surface area contributed by atoms with Gasteiger partial charge in [0.2, 0.25) is 0 Å². The Hall–Kier alpha value is -1.35. The molecule has 0 saturated carbocycles. The number of esters is 1. The van der Waals surface area contributed by atoms with E-state index in [0.29, 0.717) is 0 Å². The highest BCUT2D eigenvalue weighted by atomic mass is 16.5. The minimum absolute atomic E-state index is 0.0951. The molecule has 0 fully saturated rings. The Labute approximate surface area is 110 Å². The highest BCUT2D eigenvalue weighted by Gasteiger charge is 2.30. The van der Waals surface area contributed by atoms with Gasteiger partial charge in [-0.05, 0) is 40.2 Å². The van der Waals surface area contributed by atoms with Crippen LogP contribution >= 0.6 is 0 Å². The van der Waals surface area contributed by atoms with Gasteiger partial charge in [0.1, 0.15) is 5.54 Å². The van der Waals surface area contributed by atoms with E-state index in [1.54, 1.807) is 0 Å². The van der Waals surface area contributed by atoms with Gasteiger partial charge in [0.25, 0.3) is 0 Å². The Morgan fingerprint density at radius 3 is 2.17 bits per heavy atom. The summed E-state index contributed by atoms with van der Waals surface area (Å²) >= 11 is 0. The monoisotopic (exact) mass is 249 g/mol. The Bertz CT molecular complexity index is 418. The first-order valence-corrected chi connectivity index (χ1v) is 6.20. The lowest BCUT2D eigenvalue weighted by Crippen LogP contribution is -2.48. The number of nitrogens with one attached hydrogen (secondary N) is 1. The molecule has 0 radical (unpaired) electrons. The first kappa shape index (κ1) is 14.7. The first-order chi connectivity index (χ1) is 8.26. The predicted octanol–water partition coefficient (Wildman–Crippen LogP) is 2.91. The second-order valence-corrected chi connectivity index (χ2v) is 5.40. The Morgan fingerprint density at radius 1 is 1.22 bits per heavy atom. The lowest BCUT2D eigenvalue weighted by atomic mass is 9.98. The fourth-order valence-electron chi connectivity index (χ4n) is 2.20. The lowest BCUT2D eigenvalue weighted by Gasteiger charge is -2.28. The van der Waals surface area contributed by atoms with Crippen molar-refractivity contribution in [2.75, 3.05) is 7.11 Å². The van der Waals surface area contributed by atoms with Crippen LogP contribution in [0.15, 0.2) is 18.2 Å². The van der Waals surface area contributed by atoms with Crippen molar-refractivity contribution in [3.8, 4) is 0 Å². The molecule has 1 unspecified atom stereocenters. The molecule has 1 N–H and O–H groups in total. The van der Waals surface area contributed by atoms with Crippen molar-refractivity contribution in [3.05, 3.63) is 34.9 Å². The number of ether oxygens (including phenoxy) is 1. The second kappa shape index (κ2) is 5.53. The van der Waals surface area contributed by atoms with Crippen LogP contribution in [-0.4, -0.2) is 18.6 Å². The number of hydrogen-bond acceptors (Lipinski definition) is 3.